The number of aryl methyl sites for hydroxylation is 1. The molecular formula is C16H25ClN2O2. The van der Waals surface area contributed by atoms with Crippen LogP contribution in [0.1, 0.15) is 31.7 Å². The van der Waals surface area contributed by atoms with Crippen molar-refractivity contribution in [2.75, 3.05) is 6.54 Å². The molecule has 4 nitrogen and oxygen atoms in total. The number of hydrogen-bond donors (Lipinski definition) is 2. The molecule has 0 bridgehead atoms. The Morgan fingerprint density at radius 2 is 2.05 bits per heavy atom. The van der Waals surface area contributed by atoms with E-state index in [-0.39, 0.29) is 24.4 Å². The minimum atomic E-state index is -0.489. The van der Waals surface area contributed by atoms with Crippen molar-refractivity contribution in [1.82, 2.24) is 5.32 Å². The number of ether oxygens (including phenoxy) is 1. The topological polar surface area (TPSA) is 64.3 Å². The molecule has 21 heavy (non-hydrogen) atoms. The Morgan fingerprint density at radius 1 is 1.38 bits per heavy atom. The largest absolute Gasteiger partial charge is 0.481 e. The van der Waals surface area contributed by atoms with Gasteiger partial charge in [0, 0.05) is 6.04 Å². The fourth-order valence-electron chi connectivity index (χ4n) is 2.68. The van der Waals surface area contributed by atoms with Crippen molar-refractivity contribution < 1.29 is 9.53 Å². The zero-order chi connectivity index (χ0) is 14.5. The van der Waals surface area contributed by atoms with Gasteiger partial charge in [0.1, 0.15) is 5.75 Å². The molecule has 118 valence electrons. The van der Waals surface area contributed by atoms with Gasteiger partial charge >= 0.3 is 0 Å². The normalized spacial score (nSPS) is 22.2. The van der Waals surface area contributed by atoms with Gasteiger partial charge in [0.25, 0.3) is 5.91 Å². The van der Waals surface area contributed by atoms with E-state index in [1.807, 2.05) is 31.2 Å². The van der Waals surface area contributed by atoms with Crippen LogP contribution in [0.2, 0.25) is 0 Å². The summed E-state index contributed by atoms with van der Waals surface area (Å²) < 4.78 is 5.67. The van der Waals surface area contributed by atoms with Crippen molar-refractivity contribution in [1.29, 1.82) is 0 Å². The molecule has 3 N–H and O–H groups in total. The summed E-state index contributed by atoms with van der Waals surface area (Å²) >= 11 is 0. The molecule has 1 aromatic rings. The lowest BCUT2D eigenvalue weighted by Crippen LogP contribution is -2.45. The first-order chi connectivity index (χ1) is 9.60. The number of benzene rings is 1. The van der Waals surface area contributed by atoms with E-state index < -0.39 is 6.10 Å². The van der Waals surface area contributed by atoms with E-state index in [9.17, 15) is 4.79 Å². The second-order valence-corrected chi connectivity index (χ2v) is 5.61. The third kappa shape index (κ3) is 4.90. The molecule has 3 atom stereocenters. The summed E-state index contributed by atoms with van der Waals surface area (Å²) in [5.41, 5.74) is 6.90. The Morgan fingerprint density at radius 3 is 2.67 bits per heavy atom. The number of carbonyl (C=O) groups excluding carboxylic acids is 1. The van der Waals surface area contributed by atoms with Crippen LogP contribution in [0.3, 0.4) is 0 Å². The average Bonchev–Trinajstić information content (AvgIpc) is 2.88. The molecule has 1 aliphatic carbocycles. The van der Waals surface area contributed by atoms with Gasteiger partial charge in [0.2, 0.25) is 0 Å². The molecule has 0 radical (unpaired) electrons. The number of rotatable bonds is 5. The molecule has 1 aliphatic rings. The molecule has 3 unspecified atom stereocenters. The first-order valence-corrected chi connectivity index (χ1v) is 7.34. The Bertz CT molecular complexity index is 450. The molecule has 1 amide bonds. The SMILES string of the molecule is Cc1ccc(OC(C)C(=O)NC2CCCC2CN)cc1.Cl. The second-order valence-electron chi connectivity index (χ2n) is 5.61. The lowest BCUT2D eigenvalue weighted by Gasteiger charge is -2.22. The van der Waals surface area contributed by atoms with Crippen LogP contribution >= 0.6 is 12.4 Å². The van der Waals surface area contributed by atoms with Crippen molar-refractivity contribution in [3.63, 3.8) is 0 Å². The molecule has 0 heterocycles. The van der Waals surface area contributed by atoms with Crippen LogP contribution in [0.15, 0.2) is 24.3 Å². The van der Waals surface area contributed by atoms with Crippen LogP contribution in [0, 0.1) is 12.8 Å². The maximum absolute atomic E-state index is 12.2. The fourth-order valence-corrected chi connectivity index (χ4v) is 2.68. The fraction of sp³-hybridized carbons (Fsp3) is 0.562. The monoisotopic (exact) mass is 312 g/mol. The first-order valence-electron chi connectivity index (χ1n) is 7.34. The van der Waals surface area contributed by atoms with Crippen molar-refractivity contribution >= 4 is 18.3 Å². The van der Waals surface area contributed by atoms with Gasteiger partial charge in [-0.25, -0.2) is 0 Å². The van der Waals surface area contributed by atoms with E-state index in [1.54, 1.807) is 6.92 Å². The van der Waals surface area contributed by atoms with Crippen molar-refractivity contribution in [3.05, 3.63) is 29.8 Å². The highest BCUT2D eigenvalue weighted by Gasteiger charge is 2.29. The Balaban J connectivity index is 0.00000220. The van der Waals surface area contributed by atoms with E-state index in [0.29, 0.717) is 12.5 Å². The maximum atomic E-state index is 12.2. The summed E-state index contributed by atoms with van der Waals surface area (Å²) in [4.78, 5) is 12.2. The number of hydrogen-bond acceptors (Lipinski definition) is 3. The van der Waals surface area contributed by atoms with E-state index in [0.717, 1.165) is 25.0 Å². The molecule has 0 saturated heterocycles. The zero-order valence-electron chi connectivity index (χ0n) is 12.7. The Labute approximate surface area is 132 Å². The van der Waals surface area contributed by atoms with Gasteiger partial charge in [-0.05, 0) is 51.3 Å². The first kappa shape index (κ1) is 17.8. The van der Waals surface area contributed by atoms with E-state index in [2.05, 4.69) is 5.32 Å². The van der Waals surface area contributed by atoms with Gasteiger partial charge in [0.05, 0.1) is 0 Å². The summed E-state index contributed by atoms with van der Waals surface area (Å²) in [6, 6.07) is 7.92. The predicted octanol–water partition coefficient (Wildman–Crippen LogP) is 2.43. The predicted molar refractivity (Wildman–Crippen MR) is 86.8 cm³/mol. The summed E-state index contributed by atoms with van der Waals surface area (Å²) in [6.07, 6.45) is 2.77. The highest BCUT2D eigenvalue weighted by Crippen LogP contribution is 2.24. The molecule has 0 aromatic heterocycles. The van der Waals surface area contributed by atoms with Crippen LogP contribution in [-0.2, 0) is 4.79 Å². The van der Waals surface area contributed by atoms with Gasteiger partial charge in [0.15, 0.2) is 6.10 Å². The minimum Gasteiger partial charge on any atom is -0.481 e. The lowest BCUT2D eigenvalue weighted by atomic mass is 10.0. The Kier molecular flexibility index (Phi) is 6.99. The summed E-state index contributed by atoms with van der Waals surface area (Å²) in [5, 5.41) is 3.07. The zero-order valence-corrected chi connectivity index (χ0v) is 13.5. The molecule has 1 saturated carbocycles. The van der Waals surface area contributed by atoms with Crippen LogP contribution < -0.4 is 15.8 Å². The third-order valence-corrected chi connectivity index (χ3v) is 3.99. The number of halogens is 1. The third-order valence-electron chi connectivity index (χ3n) is 3.99. The van der Waals surface area contributed by atoms with Gasteiger partial charge in [-0.3, -0.25) is 4.79 Å². The standard InChI is InChI=1S/C16H24N2O2.ClH/c1-11-6-8-14(9-7-11)20-12(2)16(19)18-15-5-3-4-13(15)10-17;/h6-9,12-13,15H,3-5,10,17H2,1-2H3,(H,18,19);1H. The van der Waals surface area contributed by atoms with Crippen molar-refractivity contribution in [2.45, 2.75) is 45.3 Å². The second kappa shape index (κ2) is 8.25. The Hall–Kier alpha value is -1.26. The van der Waals surface area contributed by atoms with Crippen LogP contribution in [0.4, 0.5) is 0 Å². The number of amides is 1. The summed E-state index contributed by atoms with van der Waals surface area (Å²) in [5.74, 6) is 1.07. The smallest absolute Gasteiger partial charge is 0.261 e. The van der Waals surface area contributed by atoms with Crippen LogP contribution in [-0.4, -0.2) is 24.6 Å². The highest BCUT2D eigenvalue weighted by atomic mass is 35.5. The highest BCUT2D eigenvalue weighted by molar-refractivity contribution is 5.85. The van der Waals surface area contributed by atoms with E-state index in [4.69, 9.17) is 10.5 Å². The summed E-state index contributed by atoms with van der Waals surface area (Å²) in [6.45, 7) is 4.44. The van der Waals surface area contributed by atoms with Crippen molar-refractivity contribution in [3.8, 4) is 5.75 Å². The maximum Gasteiger partial charge on any atom is 0.261 e. The van der Waals surface area contributed by atoms with Crippen molar-refractivity contribution in [2.24, 2.45) is 11.7 Å². The van der Waals surface area contributed by atoms with E-state index >= 15 is 0 Å². The summed E-state index contributed by atoms with van der Waals surface area (Å²) in [7, 11) is 0. The van der Waals surface area contributed by atoms with Crippen LogP contribution in [0.5, 0.6) is 5.75 Å². The van der Waals surface area contributed by atoms with Gasteiger partial charge in [-0.1, -0.05) is 24.1 Å². The molecule has 0 spiro atoms. The van der Waals surface area contributed by atoms with Gasteiger partial charge in [-0.2, -0.15) is 0 Å². The molecular weight excluding hydrogens is 288 g/mol. The molecule has 0 aliphatic heterocycles. The van der Waals surface area contributed by atoms with Crippen LogP contribution in [0.25, 0.3) is 0 Å². The minimum absolute atomic E-state index is 0. The molecule has 2 rings (SSSR count). The average molecular weight is 313 g/mol. The molecule has 1 aromatic carbocycles. The number of nitrogens with two attached hydrogens (primary N) is 1. The van der Waals surface area contributed by atoms with Gasteiger partial charge in [-0.15, -0.1) is 12.4 Å². The molecule has 1 fully saturated rings. The number of nitrogens with one attached hydrogen (secondary N) is 1. The van der Waals surface area contributed by atoms with Gasteiger partial charge < -0.3 is 15.8 Å². The quantitative estimate of drug-likeness (QED) is 0.877. The van der Waals surface area contributed by atoms with E-state index in [1.165, 1.54) is 5.56 Å². The lowest BCUT2D eigenvalue weighted by molar-refractivity contribution is -0.128. The number of carbonyl (C=O) groups is 1. The molecule has 5 heteroatoms.